The molecule has 0 saturated carbocycles. The van der Waals surface area contributed by atoms with Gasteiger partial charge in [-0.05, 0) is 192 Å². The Morgan fingerprint density at radius 3 is 0.456 bits per heavy atom. The third-order valence-corrected chi connectivity index (χ3v) is 19.5. The Bertz CT molecular complexity index is 3060. The van der Waals surface area contributed by atoms with Crippen molar-refractivity contribution in [2.45, 2.75) is 160 Å². The fourth-order valence-corrected chi connectivity index (χ4v) is 15.1. The maximum Gasteiger partial charge on any atom is 0.242 e. The molecule has 103 heavy (non-hydrogen) atoms. The van der Waals surface area contributed by atoms with E-state index in [1.165, 1.54) is 209 Å². The van der Waals surface area contributed by atoms with Crippen LogP contribution >= 0.6 is 0 Å². The third-order valence-electron chi connectivity index (χ3n) is 19.5. The molecule has 0 unspecified atom stereocenters. The van der Waals surface area contributed by atoms with E-state index in [0.29, 0.717) is 79.3 Å². The summed E-state index contributed by atoms with van der Waals surface area (Å²) in [5.74, 6) is 0. The summed E-state index contributed by atoms with van der Waals surface area (Å²) in [6.45, 7) is 46.6. The Morgan fingerprint density at radius 1 is 0.194 bits per heavy atom. The Hall–Kier alpha value is -3.91. The van der Waals surface area contributed by atoms with Crippen molar-refractivity contribution in [3.63, 3.8) is 0 Å². The first kappa shape index (κ1) is 86.3. The molecular formula is C88H124B2KO12. The molecule has 0 aromatic heterocycles. The van der Waals surface area contributed by atoms with Gasteiger partial charge >= 0.3 is 0 Å². The second-order valence-electron chi connectivity index (χ2n) is 28.5. The summed E-state index contributed by atoms with van der Waals surface area (Å²) in [6.07, 6.45) is 15.3. The van der Waals surface area contributed by atoms with Crippen LogP contribution in [0.1, 0.15) is 144 Å². The number of aryl methyl sites for hydroxylation is 12. The largest absolute Gasteiger partial charge is 0.381 e. The maximum absolute atomic E-state index is 5.33. The second kappa shape index (κ2) is 48.5. The van der Waals surface area contributed by atoms with Crippen LogP contribution in [-0.4, -0.2) is 223 Å². The minimum Gasteiger partial charge on any atom is -0.381 e. The normalized spacial score (nSPS) is 17.3. The van der Waals surface area contributed by atoms with E-state index in [0.717, 1.165) is 79.3 Å². The van der Waals surface area contributed by atoms with Crippen LogP contribution in [0.2, 0.25) is 0 Å². The first-order valence-electron chi connectivity index (χ1n) is 38.7. The molecule has 7 heterocycles. The monoisotopic (exact) mass is 1430 g/mol. The summed E-state index contributed by atoms with van der Waals surface area (Å²) < 4.78 is 61.6. The first-order valence-corrected chi connectivity index (χ1v) is 38.7. The van der Waals surface area contributed by atoms with Crippen molar-refractivity contribution in [3.8, 4) is 0 Å². The average molecular weight is 1430 g/mol. The predicted molar refractivity (Wildman–Crippen MR) is 433 cm³/mol. The molecular weight excluding hydrogens is 1310 g/mol. The first-order chi connectivity index (χ1) is 49.7. The summed E-state index contributed by atoms with van der Waals surface area (Å²) in [4.78, 5) is 0. The molecule has 12 nitrogen and oxygen atoms in total. The van der Waals surface area contributed by atoms with Gasteiger partial charge in [0.2, 0.25) is 13.4 Å². The quantitative estimate of drug-likeness (QED) is 0.117. The summed E-state index contributed by atoms with van der Waals surface area (Å²) in [7, 11) is 0. The van der Waals surface area contributed by atoms with Gasteiger partial charge in [-0.3, -0.25) is 0 Å². The summed E-state index contributed by atoms with van der Waals surface area (Å²) in [5, 5.41) is 8.00. The molecule has 0 aliphatic carbocycles. The maximum atomic E-state index is 5.33. The van der Waals surface area contributed by atoms with Gasteiger partial charge in [-0.15, -0.1) is 0 Å². The molecule has 8 aromatic carbocycles. The van der Waals surface area contributed by atoms with Gasteiger partial charge in [-0.1, -0.05) is 197 Å². The van der Waals surface area contributed by atoms with Gasteiger partial charge in [0.1, 0.15) is 0 Å². The van der Waals surface area contributed by atoms with E-state index in [2.05, 4.69) is 180 Å². The van der Waals surface area contributed by atoms with E-state index in [-0.39, 0.29) is 64.8 Å². The van der Waals surface area contributed by atoms with Crippen LogP contribution in [0.25, 0.3) is 32.3 Å². The van der Waals surface area contributed by atoms with Crippen LogP contribution < -0.4 is 32.8 Å². The molecule has 0 bridgehead atoms. The van der Waals surface area contributed by atoms with Crippen molar-refractivity contribution in [2.75, 3.05) is 159 Å². The van der Waals surface area contributed by atoms with E-state index in [1.807, 2.05) is 0 Å². The number of rotatable bonds is 6. The SMILES string of the molecule is C1CCOC1.C1CCOC1.C1CCOC1.C1CCOC1.C1CCOC1.C1CCOC1.C1COCCOCCOCCOCCOCCO1.Cc1cc(C)c(B(c2cc3ccc4cc(B(c5c(C)cc(C)cc5C)c5c(C)cc(C)cc5C)cc5ccc(c2)c3c45)c2c(C)cc(C)cc2C)c(C)c1.[K]. The van der Waals surface area contributed by atoms with Gasteiger partial charge < -0.3 is 56.8 Å². The molecule has 15 rings (SSSR count). The number of hydrogen-bond acceptors (Lipinski definition) is 12. The molecule has 555 valence electrons. The van der Waals surface area contributed by atoms with E-state index in [4.69, 9.17) is 56.8 Å². The Kier molecular flexibility index (Phi) is 40.6. The van der Waals surface area contributed by atoms with Gasteiger partial charge in [0.15, 0.2) is 0 Å². The molecule has 15 heteroatoms. The van der Waals surface area contributed by atoms with E-state index in [9.17, 15) is 0 Å². The van der Waals surface area contributed by atoms with Gasteiger partial charge in [-0.25, -0.2) is 0 Å². The standard InChI is InChI=1S/C52H52B2.C12H24O6.6C4H8O.K/c1-29-17-33(5)49(34(6)18-29)53(50-35(7)19-30(2)20-36(50)8)45-25-41-13-15-43-27-46(28-44-16-14-42(26-45)47(41)48(43)44)54(51-37(9)21-31(3)22-38(51)10)52-39(11)23-32(4)24-40(52)12;1-2-14-5-6-16-9-10-18-12-11-17-8-7-15-4-3-13-1;6*1-2-4-5-3-1;/h13-28H,1-12H3;1-12H2;6*1-4H2;. The molecule has 7 aliphatic heterocycles. The molecule has 0 N–H and O–H groups in total. The van der Waals surface area contributed by atoms with Gasteiger partial charge in [0.05, 0.1) is 79.3 Å². The van der Waals surface area contributed by atoms with E-state index >= 15 is 0 Å². The van der Waals surface area contributed by atoms with Crippen LogP contribution in [0.4, 0.5) is 0 Å². The minimum atomic E-state index is 0. The van der Waals surface area contributed by atoms with Gasteiger partial charge in [0.25, 0.3) is 0 Å². The van der Waals surface area contributed by atoms with Crippen molar-refractivity contribution in [3.05, 3.63) is 164 Å². The topological polar surface area (TPSA) is 111 Å². The smallest absolute Gasteiger partial charge is 0.242 e. The summed E-state index contributed by atoms with van der Waals surface area (Å²) >= 11 is 0. The molecule has 7 aliphatic rings. The van der Waals surface area contributed by atoms with Crippen LogP contribution in [-0.2, 0) is 56.8 Å². The fourth-order valence-electron chi connectivity index (χ4n) is 15.1. The molecule has 8 aromatic rings. The van der Waals surface area contributed by atoms with Gasteiger partial charge in [0, 0.05) is 131 Å². The zero-order valence-corrected chi connectivity index (χ0v) is 68.9. The number of hydrogen-bond donors (Lipinski definition) is 0. The molecule has 0 amide bonds. The second-order valence-corrected chi connectivity index (χ2v) is 28.5. The molecule has 7 fully saturated rings. The average Bonchev–Trinajstić information content (AvgIpc) is 1.39. The van der Waals surface area contributed by atoms with Crippen molar-refractivity contribution in [1.29, 1.82) is 0 Å². The third kappa shape index (κ3) is 28.6. The van der Waals surface area contributed by atoms with E-state index < -0.39 is 0 Å². The molecule has 7 saturated heterocycles. The van der Waals surface area contributed by atoms with Crippen molar-refractivity contribution in [2.24, 2.45) is 0 Å². The predicted octanol–water partition coefficient (Wildman–Crippen LogP) is 13.8. The van der Waals surface area contributed by atoms with Crippen molar-refractivity contribution in [1.82, 2.24) is 0 Å². The van der Waals surface area contributed by atoms with Crippen LogP contribution in [0.15, 0.2) is 97.1 Å². The zero-order chi connectivity index (χ0) is 72.3. The van der Waals surface area contributed by atoms with Crippen molar-refractivity contribution >= 4 is 130 Å². The zero-order valence-electron chi connectivity index (χ0n) is 65.7. The minimum absolute atomic E-state index is 0. The number of ether oxygens (including phenoxy) is 12. The van der Waals surface area contributed by atoms with Crippen molar-refractivity contribution < 1.29 is 56.8 Å². The molecule has 0 atom stereocenters. The fraction of sp³-hybridized carbons (Fsp3) is 0.545. The Labute approximate surface area is 663 Å². The number of benzene rings is 8. The van der Waals surface area contributed by atoms with Crippen LogP contribution in [0.5, 0.6) is 0 Å². The molecule has 1 radical (unpaired) electrons. The Balaban J connectivity index is 0.000000240. The Morgan fingerprint density at radius 2 is 0.330 bits per heavy atom. The summed E-state index contributed by atoms with van der Waals surface area (Å²) in [5.41, 5.74) is 24.6. The van der Waals surface area contributed by atoms with Crippen LogP contribution in [0, 0.1) is 83.1 Å². The molecule has 0 spiro atoms. The van der Waals surface area contributed by atoms with Crippen LogP contribution in [0.3, 0.4) is 0 Å². The summed E-state index contributed by atoms with van der Waals surface area (Å²) in [6, 6.07) is 38.5. The van der Waals surface area contributed by atoms with Gasteiger partial charge in [-0.2, -0.15) is 0 Å². The van der Waals surface area contributed by atoms with E-state index in [1.54, 1.807) is 0 Å².